The van der Waals surface area contributed by atoms with E-state index < -0.39 is 24.5 Å². The molecule has 1 aliphatic rings. The van der Waals surface area contributed by atoms with Crippen molar-refractivity contribution in [3.8, 4) is 0 Å². The lowest BCUT2D eigenvalue weighted by Crippen LogP contribution is -2.36. The summed E-state index contributed by atoms with van der Waals surface area (Å²) < 4.78 is 35.7. The molecule has 1 saturated heterocycles. The molecule has 0 spiro atoms. The highest BCUT2D eigenvalue weighted by Crippen LogP contribution is 2.24. The third-order valence-corrected chi connectivity index (χ3v) is 1.99. The van der Waals surface area contributed by atoms with Gasteiger partial charge in [0.15, 0.2) is 0 Å². The molecule has 0 radical (unpaired) electrons. The van der Waals surface area contributed by atoms with Gasteiger partial charge in [0.05, 0.1) is 5.92 Å². The van der Waals surface area contributed by atoms with E-state index in [1.807, 2.05) is 0 Å². The highest BCUT2D eigenvalue weighted by molar-refractivity contribution is 5.82. The maximum atomic E-state index is 11.9. The van der Waals surface area contributed by atoms with E-state index >= 15 is 0 Å². The van der Waals surface area contributed by atoms with Gasteiger partial charge in [-0.15, -0.1) is 6.58 Å². The molecule has 1 rings (SSSR count). The molecule has 0 aromatic carbocycles. The van der Waals surface area contributed by atoms with Crippen molar-refractivity contribution in [2.75, 3.05) is 13.1 Å². The number of carbonyl (C=O) groups excluding carboxylic acids is 1. The van der Waals surface area contributed by atoms with Crippen LogP contribution in [0.1, 0.15) is 6.42 Å². The minimum Gasteiger partial charge on any atom is -0.333 e. The summed E-state index contributed by atoms with van der Waals surface area (Å²) in [4.78, 5) is 12.0. The molecule has 0 bridgehead atoms. The molecule has 74 valence electrons. The number of nitrogens with zero attached hydrogens (tertiary/aromatic N) is 1. The van der Waals surface area contributed by atoms with Gasteiger partial charge in [0, 0.05) is 6.54 Å². The van der Waals surface area contributed by atoms with E-state index in [2.05, 4.69) is 6.58 Å². The van der Waals surface area contributed by atoms with E-state index in [-0.39, 0.29) is 6.54 Å². The van der Waals surface area contributed by atoms with E-state index in [0.29, 0.717) is 6.42 Å². The summed E-state index contributed by atoms with van der Waals surface area (Å²) in [6, 6.07) is 0. The Morgan fingerprint density at radius 3 is 2.62 bits per heavy atom. The Kier molecular flexibility index (Phi) is 2.63. The van der Waals surface area contributed by atoms with E-state index in [4.69, 9.17) is 0 Å². The fourth-order valence-electron chi connectivity index (χ4n) is 1.36. The average molecular weight is 193 g/mol. The molecule has 0 aliphatic carbocycles. The van der Waals surface area contributed by atoms with Crippen LogP contribution in [0, 0.1) is 5.92 Å². The molecule has 0 aromatic heterocycles. The average Bonchev–Trinajstić information content (AvgIpc) is 2.30. The van der Waals surface area contributed by atoms with Crippen molar-refractivity contribution < 1.29 is 18.0 Å². The van der Waals surface area contributed by atoms with Gasteiger partial charge in [-0.1, -0.05) is 6.08 Å². The Morgan fingerprint density at radius 1 is 1.62 bits per heavy atom. The molecular weight excluding hydrogens is 183 g/mol. The number of rotatable bonds is 2. The fourth-order valence-corrected chi connectivity index (χ4v) is 1.36. The van der Waals surface area contributed by atoms with Gasteiger partial charge in [0.25, 0.3) is 0 Å². The lowest BCUT2D eigenvalue weighted by atomic mass is 10.1. The number of hydrogen-bond donors (Lipinski definition) is 0. The van der Waals surface area contributed by atoms with E-state index in [9.17, 15) is 18.0 Å². The molecule has 1 heterocycles. The van der Waals surface area contributed by atoms with Crippen LogP contribution >= 0.6 is 0 Å². The number of carbonyl (C=O) groups is 1. The largest absolute Gasteiger partial charge is 0.406 e. The van der Waals surface area contributed by atoms with E-state index in [1.165, 1.54) is 6.08 Å². The minimum absolute atomic E-state index is 0.176. The third kappa shape index (κ3) is 2.47. The number of halogens is 3. The summed E-state index contributed by atoms with van der Waals surface area (Å²) >= 11 is 0. The Labute approximate surface area is 74.0 Å². The Morgan fingerprint density at radius 2 is 2.23 bits per heavy atom. The van der Waals surface area contributed by atoms with Crippen molar-refractivity contribution in [1.82, 2.24) is 4.90 Å². The van der Waals surface area contributed by atoms with Gasteiger partial charge in [0.2, 0.25) is 5.91 Å². The maximum absolute atomic E-state index is 11.9. The highest BCUT2D eigenvalue weighted by Gasteiger charge is 2.37. The molecule has 1 amide bonds. The van der Waals surface area contributed by atoms with Crippen LogP contribution in [-0.4, -0.2) is 30.1 Å². The summed E-state index contributed by atoms with van der Waals surface area (Å²) in [6.07, 6.45) is -2.46. The molecule has 0 saturated carbocycles. The minimum atomic E-state index is -4.30. The van der Waals surface area contributed by atoms with Crippen molar-refractivity contribution >= 4 is 5.91 Å². The molecule has 0 aromatic rings. The smallest absolute Gasteiger partial charge is 0.333 e. The van der Waals surface area contributed by atoms with Crippen LogP contribution < -0.4 is 0 Å². The van der Waals surface area contributed by atoms with Crippen LogP contribution in [-0.2, 0) is 4.79 Å². The predicted octanol–water partition coefficient (Wildman–Crippen LogP) is 1.58. The fraction of sp³-hybridized carbons (Fsp3) is 0.625. The van der Waals surface area contributed by atoms with Crippen LogP contribution in [0.15, 0.2) is 12.7 Å². The molecule has 13 heavy (non-hydrogen) atoms. The van der Waals surface area contributed by atoms with Crippen molar-refractivity contribution in [2.24, 2.45) is 5.92 Å². The number of hydrogen-bond acceptors (Lipinski definition) is 1. The topological polar surface area (TPSA) is 20.3 Å². The highest BCUT2D eigenvalue weighted by atomic mass is 19.4. The van der Waals surface area contributed by atoms with Crippen molar-refractivity contribution in [2.45, 2.75) is 12.6 Å². The van der Waals surface area contributed by atoms with Crippen LogP contribution in [0.3, 0.4) is 0 Å². The summed E-state index contributed by atoms with van der Waals surface area (Å²) in [5, 5.41) is 0. The predicted molar refractivity (Wildman–Crippen MR) is 40.9 cm³/mol. The van der Waals surface area contributed by atoms with Gasteiger partial charge in [-0.3, -0.25) is 4.79 Å². The van der Waals surface area contributed by atoms with Gasteiger partial charge in [-0.2, -0.15) is 13.2 Å². The Hall–Kier alpha value is -1.00. The lowest BCUT2D eigenvalue weighted by molar-refractivity contribution is -0.158. The molecule has 1 aliphatic heterocycles. The number of amides is 1. The molecule has 1 fully saturated rings. The van der Waals surface area contributed by atoms with Crippen LogP contribution in [0.2, 0.25) is 0 Å². The number of likely N-dealkylation sites (tertiary alicyclic amines) is 1. The first-order chi connectivity index (χ1) is 5.94. The van der Waals surface area contributed by atoms with Gasteiger partial charge < -0.3 is 4.90 Å². The zero-order chi connectivity index (χ0) is 10.1. The normalized spacial score (nSPS) is 23.8. The second kappa shape index (κ2) is 3.40. The molecule has 2 nitrogen and oxygen atoms in total. The Bertz CT molecular complexity index is 224. The van der Waals surface area contributed by atoms with Crippen LogP contribution in [0.5, 0.6) is 0 Å². The second-order valence-corrected chi connectivity index (χ2v) is 3.01. The second-order valence-electron chi connectivity index (χ2n) is 3.01. The summed E-state index contributed by atoms with van der Waals surface area (Å²) in [7, 11) is 0. The van der Waals surface area contributed by atoms with Crippen LogP contribution in [0.4, 0.5) is 13.2 Å². The van der Waals surface area contributed by atoms with Crippen LogP contribution in [0.25, 0.3) is 0 Å². The SMILES string of the molecule is C=C[C@H]1CCN(CC(F)(F)F)C1=O. The molecular formula is C8H10F3NO. The van der Waals surface area contributed by atoms with E-state index in [0.717, 1.165) is 4.90 Å². The van der Waals surface area contributed by atoms with Gasteiger partial charge in [0.1, 0.15) is 6.54 Å². The maximum Gasteiger partial charge on any atom is 0.406 e. The third-order valence-electron chi connectivity index (χ3n) is 1.99. The summed E-state index contributed by atoms with van der Waals surface area (Å²) in [5.74, 6) is -0.894. The first-order valence-electron chi connectivity index (χ1n) is 3.92. The molecule has 0 N–H and O–H groups in total. The first-order valence-corrected chi connectivity index (χ1v) is 3.92. The van der Waals surface area contributed by atoms with Crippen molar-refractivity contribution in [3.05, 3.63) is 12.7 Å². The first kappa shape index (κ1) is 10.1. The molecule has 0 unspecified atom stereocenters. The van der Waals surface area contributed by atoms with Gasteiger partial charge in [-0.25, -0.2) is 0 Å². The molecule has 1 atom stereocenters. The summed E-state index contributed by atoms with van der Waals surface area (Å²) in [5.41, 5.74) is 0. The molecule has 5 heteroatoms. The summed E-state index contributed by atoms with van der Waals surface area (Å²) in [6.45, 7) is 2.43. The standard InChI is InChI=1S/C8H10F3NO/c1-2-6-3-4-12(7(6)13)5-8(9,10)11/h2,6H,1,3-5H2/t6-/m0/s1. The van der Waals surface area contributed by atoms with Gasteiger partial charge >= 0.3 is 6.18 Å². The monoisotopic (exact) mass is 193 g/mol. The quantitative estimate of drug-likeness (QED) is 0.610. The van der Waals surface area contributed by atoms with Crippen molar-refractivity contribution in [1.29, 1.82) is 0 Å². The Balaban J connectivity index is 2.55. The number of alkyl halides is 3. The zero-order valence-corrected chi connectivity index (χ0v) is 6.97. The zero-order valence-electron chi connectivity index (χ0n) is 6.97. The van der Waals surface area contributed by atoms with Gasteiger partial charge in [-0.05, 0) is 6.42 Å². The van der Waals surface area contributed by atoms with E-state index in [1.54, 1.807) is 0 Å². The van der Waals surface area contributed by atoms with Crippen molar-refractivity contribution in [3.63, 3.8) is 0 Å². The lowest BCUT2D eigenvalue weighted by Gasteiger charge is -2.17.